The predicted octanol–water partition coefficient (Wildman–Crippen LogP) is 5.99. The largest absolute Gasteiger partial charge is 0.493 e. The van der Waals surface area contributed by atoms with Gasteiger partial charge in [0.1, 0.15) is 5.75 Å². The third-order valence-electron chi connectivity index (χ3n) is 5.15. The molecule has 1 nitrogen and oxygen atoms in total. The molecule has 0 bridgehead atoms. The van der Waals surface area contributed by atoms with Crippen LogP contribution in [0.25, 0.3) is 10.8 Å². The van der Waals surface area contributed by atoms with Crippen molar-refractivity contribution in [1.82, 2.24) is 0 Å². The lowest BCUT2D eigenvalue weighted by Gasteiger charge is -2.13. The van der Waals surface area contributed by atoms with Crippen LogP contribution in [0.3, 0.4) is 0 Å². The lowest BCUT2D eigenvalue weighted by molar-refractivity contribution is 0.313. The number of hydrogen-bond acceptors (Lipinski definition) is 1. The monoisotopic (exact) mass is 292 g/mol. The van der Waals surface area contributed by atoms with Crippen LogP contribution in [0.1, 0.15) is 56.9 Å². The molecule has 0 saturated heterocycles. The molecule has 114 valence electrons. The van der Waals surface area contributed by atoms with Gasteiger partial charge in [0.15, 0.2) is 0 Å². The summed E-state index contributed by atoms with van der Waals surface area (Å²) in [5.41, 5.74) is 4.97. The van der Waals surface area contributed by atoms with Gasteiger partial charge in [-0.2, -0.15) is 0 Å². The highest BCUT2D eigenvalue weighted by molar-refractivity contribution is 5.93. The van der Waals surface area contributed by atoms with Gasteiger partial charge in [-0.05, 0) is 49.1 Å². The van der Waals surface area contributed by atoms with Crippen molar-refractivity contribution in [2.75, 3.05) is 6.61 Å². The lowest BCUT2D eigenvalue weighted by atomic mass is 9.97. The number of hydrogen-bond donors (Lipinski definition) is 0. The molecule has 0 unspecified atom stereocenters. The first-order chi connectivity index (χ1) is 10.9. The van der Waals surface area contributed by atoms with Crippen LogP contribution in [-0.4, -0.2) is 6.61 Å². The van der Waals surface area contributed by atoms with E-state index >= 15 is 0 Å². The average molecular weight is 292 g/mol. The van der Waals surface area contributed by atoms with E-state index in [0.29, 0.717) is 5.92 Å². The van der Waals surface area contributed by atoms with Crippen LogP contribution in [-0.2, 0) is 0 Å². The van der Waals surface area contributed by atoms with Gasteiger partial charge in [0.25, 0.3) is 0 Å². The van der Waals surface area contributed by atoms with Gasteiger partial charge in [-0.15, -0.1) is 0 Å². The van der Waals surface area contributed by atoms with Crippen LogP contribution in [0.15, 0.2) is 47.5 Å². The van der Waals surface area contributed by atoms with E-state index in [1.165, 1.54) is 48.4 Å². The normalized spacial score (nSPS) is 17.7. The Balaban J connectivity index is 1.68. The Hall–Kier alpha value is -1.76. The van der Waals surface area contributed by atoms with E-state index in [9.17, 15) is 0 Å². The van der Waals surface area contributed by atoms with Crippen LogP contribution in [0.4, 0.5) is 0 Å². The second-order valence-electron chi connectivity index (χ2n) is 6.59. The van der Waals surface area contributed by atoms with Crippen LogP contribution < -0.4 is 4.74 Å². The summed E-state index contributed by atoms with van der Waals surface area (Å²) in [6.07, 6.45) is 7.70. The van der Waals surface area contributed by atoms with E-state index in [1.807, 2.05) is 0 Å². The Labute approximate surface area is 133 Å². The Morgan fingerprint density at radius 2 is 1.68 bits per heavy atom. The maximum Gasteiger partial charge on any atom is 0.127 e. The predicted molar refractivity (Wildman–Crippen MR) is 92.6 cm³/mol. The molecule has 4 rings (SSSR count). The minimum atomic E-state index is 0.650. The molecule has 2 aliphatic carbocycles. The molecule has 0 amide bonds. The summed E-state index contributed by atoms with van der Waals surface area (Å²) in [6.45, 7) is 3.02. The first kappa shape index (κ1) is 13.9. The van der Waals surface area contributed by atoms with Gasteiger partial charge in [-0.25, -0.2) is 0 Å². The lowest BCUT2D eigenvalue weighted by Crippen LogP contribution is -1.98. The third kappa shape index (κ3) is 2.33. The molecule has 0 aliphatic heterocycles. The molecular weight excluding hydrogens is 268 g/mol. The smallest absolute Gasteiger partial charge is 0.127 e. The van der Waals surface area contributed by atoms with E-state index in [1.54, 1.807) is 11.1 Å². The van der Waals surface area contributed by atoms with Gasteiger partial charge >= 0.3 is 0 Å². The van der Waals surface area contributed by atoms with Crippen LogP contribution in [0.2, 0.25) is 0 Å². The molecule has 0 spiro atoms. The second kappa shape index (κ2) is 5.79. The third-order valence-corrected chi connectivity index (χ3v) is 5.15. The second-order valence-corrected chi connectivity index (χ2v) is 6.59. The van der Waals surface area contributed by atoms with Crippen LogP contribution in [0, 0.1) is 0 Å². The molecule has 22 heavy (non-hydrogen) atoms. The quantitative estimate of drug-likeness (QED) is 0.486. The van der Waals surface area contributed by atoms with Gasteiger partial charge in [0, 0.05) is 11.3 Å². The van der Waals surface area contributed by atoms with Crippen molar-refractivity contribution in [3.8, 4) is 5.75 Å². The fraction of sp³-hybridized carbons (Fsp3) is 0.429. The molecule has 2 aliphatic rings. The maximum atomic E-state index is 6.02. The fourth-order valence-electron chi connectivity index (χ4n) is 3.93. The zero-order valence-corrected chi connectivity index (χ0v) is 13.4. The van der Waals surface area contributed by atoms with Gasteiger partial charge in [-0.3, -0.25) is 0 Å². The standard InChI is InChI=1S/C21H24O/c1-2-3-14-22-20-13-12-19(15-8-4-5-9-16(15)20)21-17-10-6-7-11-18(17)21/h4-5,8-9,12-13,21H,2-3,6-7,10-11,14H2,1H3. The molecular formula is C21H24O. The summed E-state index contributed by atoms with van der Waals surface area (Å²) in [5, 5.41) is 2.66. The minimum Gasteiger partial charge on any atom is -0.493 e. The molecule has 2 aromatic carbocycles. The van der Waals surface area contributed by atoms with E-state index in [0.717, 1.165) is 18.8 Å². The number of rotatable bonds is 5. The van der Waals surface area contributed by atoms with Crippen LogP contribution >= 0.6 is 0 Å². The highest BCUT2D eigenvalue weighted by atomic mass is 16.5. The van der Waals surface area contributed by atoms with Crippen molar-refractivity contribution < 1.29 is 4.74 Å². The van der Waals surface area contributed by atoms with Crippen molar-refractivity contribution in [3.63, 3.8) is 0 Å². The number of fused-ring (bicyclic) bond motifs is 1. The molecule has 0 fully saturated rings. The zero-order valence-electron chi connectivity index (χ0n) is 13.4. The van der Waals surface area contributed by atoms with Crippen molar-refractivity contribution in [2.24, 2.45) is 0 Å². The van der Waals surface area contributed by atoms with Crippen molar-refractivity contribution >= 4 is 10.8 Å². The number of allylic oxidation sites excluding steroid dienone is 2. The Kier molecular flexibility index (Phi) is 3.65. The summed E-state index contributed by atoms with van der Waals surface area (Å²) in [4.78, 5) is 0. The first-order valence-electron chi connectivity index (χ1n) is 8.76. The molecule has 0 atom stereocenters. The van der Waals surface area contributed by atoms with Gasteiger partial charge in [-0.1, -0.05) is 54.8 Å². The van der Waals surface area contributed by atoms with Crippen molar-refractivity contribution in [2.45, 2.75) is 51.4 Å². The highest BCUT2D eigenvalue weighted by Crippen LogP contribution is 2.56. The molecule has 0 radical (unpaired) electrons. The van der Waals surface area contributed by atoms with E-state index in [-0.39, 0.29) is 0 Å². The summed E-state index contributed by atoms with van der Waals surface area (Å²) >= 11 is 0. The SMILES string of the molecule is CCCCOc1ccc(C2C3=C2CCCC3)c2ccccc12. The molecule has 0 heterocycles. The van der Waals surface area contributed by atoms with E-state index in [2.05, 4.69) is 43.3 Å². The number of unbranched alkanes of at least 4 members (excludes halogenated alkanes) is 1. The molecule has 0 N–H and O–H groups in total. The average Bonchev–Trinajstić information content (AvgIpc) is 3.29. The fourth-order valence-corrected chi connectivity index (χ4v) is 3.93. The first-order valence-corrected chi connectivity index (χ1v) is 8.76. The number of benzene rings is 2. The van der Waals surface area contributed by atoms with Gasteiger partial charge in [0.05, 0.1) is 6.61 Å². The summed E-state index contributed by atoms with van der Waals surface area (Å²) in [5.74, 6) is 1.70. The Morgan fingerprint density at radius 1 is 0.955 bits per heavy atom. The topological polar surface area (TPSA) is 9.23 Å². The van der Waals surface area contributed by atoms with E-state index < -0.39 is 0 Å². The molecule has 0 aromatic heterocycles. The summed E-state index contributed by atoms with van der Waals surface area (Å²) in [6, 6.07) is 13.3. The Morgan fingerprint density at radius 3 is 2.41 bits per heavy atom. The Bertz CT molecular complexity index is 710. The molecule has 2 aromatic rings. The highest BCUT2D eigenvalue weighted by Gasteiger charge is 2.39. The number of ether oxygens (including phenoxy) is 1. The minimum absolute atomic E-state index is 0.650. The zero-order chi connectivity index (χ0) is 14.9. The molecule has 1 heteroatoms. The summed E-state index contributed by atoms with van der Waals surface area (Å²) in [7, 11) is 0. The van der Waals surface area contributed by atoms with Gasteiger partial charge in [0.2, 0.25) is 0 Å². The molecule has 0 saturated carbocycles. The summed E-state index contributed by atoms with van der Waals surface area (Å²) < 4.78 is 6.02. The van der Waals surface area contributed by atoms with E-state index in [4.69, 9.17) is 4.74 Å². The van der Waals surface area contributed by atoms with Crippen LogP contribution in [0.5, 0.6) is 5.75 Å². The maximum absolute atomic E-state index is 6.02. The van der Waals surface area contributed by atoms with Crippen molar-refractivity contribution in [3.05, 3.63) is 53.1 Å². The van der Waals surface area contributed by atoms with Gasteiger partial charge < -0.3 is 4.74 Å². The van der Waals surface area contributed by atoms with Crippen molar-refractivity contribution in [1.29, 1.82) is 0 Å².